The fourth-order valence-corrected chi connectivity index (χ4v) is 4.30. The number of fused-ring (bicyclic) bond motifs is 1. The molecule has 1 aromatic carbocycles. The Balaban J connectivity index is 1.76. The molecular weight excluding hydrogens is 479 g/mol. The van der Waals surface area contributed by atoms with Gasteiger partial charge in [0, 0.05) is 32.8 Å². The maximum Gasteiger partial charge on any atom is 0.191 e. The van der Waals surface area contributed by atoms with Gasteiger partial charge in [-0.2, -0.15) is 0 Å². The Morgan fingerprint density at radius 1 is 1.15 bits per heavy atom. The van der Waals surface area contributed by atoms with E-state index >= 15 is 0 Å². The maximum absolute atomic E-state index is 5.99. The number of anilines is 2. The van der Waals surface area contributed by atoms with Crippen LogP contribution in [0.3, 0.4) is 0 Å². The fraction of sp³-hybridized carbons (Fsp3) is 0.158. The Bertz CT molecular complexity index is 1070. The Labute approximate surface area is 174 Å². The van der Waals surface area contributed by atoms with Crippen molar-refractivity contribution in [3.05, 3.63) is 62.3 Å². The van der Waals surface area contributed by atoms with Gasteiger partial charge in [0.1, 0.15) is 11.5 Å². The van der Waals surface area contributed by atoms with Gasteiger partial charge in [0.05, 0.1) is 11.4 Å². The smallest absolute Gasteiger partial charge is 0.191 e. The van der Waals surface area contributed by atoms with E-state index in [1.54, 1.807) is 11.3 Å². The molecule has 4 rings (SSSR count). The van der Waals surface area contributed by atoms with Gasteiger partial charge in [-0.1, -0.05) is 30.7 Å². The van der Waals surface area contributed by atoms with Crippen LogP contribution in [0, 0.1) is 3.57 Å². The number of aromatic nitrogens is 3. The lowest BCUT2D eigenvalue weighted by Crippen LogP contribution is -2.13. The molecule has 0 aliphatic carbocycles. The topological polar surface area (TPSA) is 33.4 Å². The Kier molecular flexibility index (Phi) is 4.90. The number of rotatable bonds is 4. The van der Waals surface area contributed by atoms with Crippen molar-refractivity contribution in [2.45, 2.75) is 13.3 Å². The first-order valence-electron chi connectivity index (χ1n) is 8.18. The van der Waals surface area contributed by atoms with E-state index in [9.17, 15) is 0 Å². The van der Waals surface area contributed by atoms with Crippen LogP contribution in [0.25, 0.3) is 16.9 Å². The third kappa shape index (κ3) is 3.21. The van der Waals surface area contributed by atoms with E-state index in [1.807, 2.05) is 31.3 Å². The van der Waals surface area contributed by atoms with Gasteiger partial charge in [0.25, 0.3) is 0 Å². The van der Waals surface area contributed by atoms with Crippen LogP contribution in [-0.4, -0.2) is 21.4 Å². The molecule has 7 heteroatoms. The zero-order valence-corrected chi connectivity index (χ0v) is 18.0. The molecule has 0 atom stereocenters. The largest absolute Gasteiger partial charge is 0.305 e. The van der Waals surface area contributed by atoms with E-state index in [-0.39, 0.29) is 0 Å². The number of nitrogens with zero attached hydrogens (tertiary/aromatic N) is 4. The van der Waals surface area contributed by atoms with E-state index in [4.69, 9.17) is 21.6 Å². The highest BCUT2D eigenvalue weighted by Gasteiger charge is 2.19. The number of thiazole rings is 1. The van der Waals surface area contributed by atoms with Crippen LogP contribution >= 0.6 is 45.5 Å². The molecule has 26 heavy (non-hydrogen) atoms. The predicted octanol–water partition coefficient (Wildman–Crippen LogP) is 6.05. The summed E-state index contributed by atoms with van der Waals surface area (Å²) in [6, 6.07) is 11.9. The van der Waals surface area contributed by atoms with Crippen molar-refractivity contribution >= 4 is 62.1 Å². The minimum absolute atomic E-state index is 0.731. The standard InChI is InChI=1S/C19H16ClIN4S/c1-3-15-18(25-10-14(21)8-9-17(25)22-15)24(2)19-23-16(11-26-19)12-4-6-13(20)7-5-12/h4-11H,3H2,1-2H3. The van der Waals surface area contributed by atoms with Gasteiger partial charge >= 0.3 is 0 Å². The van der Waals surface area contributed by atoms with Crippen molar-refractivity contribution in [1.82, 2.24) is 14.4 Å². The second-order valence-electron chi connectivity index (χ2n) is 5.89. The van der Waals surface area contributed by atoms with Gasteiger partial charge in [0.15, 0.2) is 5.13 Å². The van der Waals surface area contributed by atoms with Crippen molar-refractivity contribution in [2.75, 3.05) is 11.9 Å². The lowest BCUT2D eigenvalue weighted by Gasteiger charge is -2.17. The van der Waals surface area contributed by atoms with E-state index in [1.165, 1.54) is 3.57 Å². The molecule has 0 unspecified atom stereocenters. The lowest BCUT2D eigenvalue weighted by molar-refractivity contribution is 1.01. The Hall–Kier alpha value is -1.64. The minimum Gasteiger partial charge on any atom is -0.305 e. The molecular formula is C19H16ClIN4S. The zero-order chi connectivity index (χ0) is 18.3. The number of pyridine rings is 1. The predicted molar refractivity (Wildman–Crippen MR) is 118 cm³/mol. The van der Waals surface area contributed by atoms with Crippen LogP contribution in [0.5, 0.6) is 0 Å². The van der Waals surface area contributed by atoms with Gasteiger partial charge < -0.3 is 4.90 Å². The molecule has 0 saturated heterocycles. The second-order valence-corrected chi connectivity index (χ2v) is 8.41. The molecule has 0 aliphatic heterocycles. The summed E-state index contributed by atoms with van der Waals surface area (Å²) in [5.74, 6) is 1.07. The average molecular weight is 495 g/mol. The molecule has 3 heterocycles. The van der Waals surface area contributed by atoms with Gasteiger partial charge in [0.2, 0.25) is 0 Å². The first-order valence-corrected chi connectivity index (χ1v) is 10.5. The SMILES string of the molecule is CCc1nc2ccc(I)cn2c1N(C)c1nc(-c2ccc(Cl)cc2)cs1. The molecule has 4 nitrogen and oxygen atoms in total. The van der Waals surface area contributed by atoms with Gasteiger partial charge in [-0.05, 0) is 53.3 Å². The highest BCUT2D eigenvalue weighted by molar-refractivity contribution is 14.1. The Morgan fingerprint density at radius 2 is 1.92 bits per heavy atom. The molecule has 0 saturated carbocycles. The highest BCUT2D eigenvalue weighted by atomic mass is 127. The number of imidazole rings is 1. The van der Waals surface area contributed by atoms with Crippen LogP contribution in [0.15, 0.2) is 48.0 Å². The van der Waals surface area contributed by atoms with Crippen molar-refractivity contribution in [3.63, 3.8) is 0 Å². The second kappa shape index (κ2) is 7.17. The average Bonchev–Trinajstić information content (AvgIpc) is 3.26. The molecule has 0 bridgehead atoms. The normalized spacial score (nSPS) is 11.2. The highest BCUT2D eigenvalue weighted by Crippen LogP contribution is 2.34. The third-order valence-electron chi connectivity index (χ3n) is 4.20. The van der Waals surface area contributed by atoms with Gasteiger partial charge in [-0.15, -0.1) is 11.3 Å². The molecule has 3 aromatic heterocycles. The van der Waals surface area contributed by atoms with Gasteiger partial charge in [-0.3, -0.25) is 4.40 Å². The van der Waals surface area contributed by atoms with Gasteiger partial charge in [-0.25, -0.2) is 9.97 Å². The molecule has 0 amide bonds. The van der Waals surface area contributed by atoms with Crippen LogP contribution < -0.4 is 4.90 Å². The van der Waals surface area contributed by atoms with Crippen molar-refractivity contribution in [2.24, 2.45) is 0 Å². The van der Waals surface area contributed by atoms with Crippen LogP contribution in [0.4, 0.5) is 10.9 Å². The quantitative estimate of drug-likeness (QED) is 0.324. The monoisotopic (exact) mass is 494 g/mol. The van der Waals surface area contributed by atoms with Crippen molar-refractivity contribution in [3.8, 4) is 11.3 Å². The van der Waals surface area contributed by atoms with E-state index in [0.717, 1.165) is 45.0 Å². The first kappa shape index (κ1) is 17.8. The fourth-order valence-electron chi connectivity index (χ4n) is 2.91. The molecule has 4 aromatic rings. The minimum atomic E-state index is 0.731. The number of hydrogen-bond acceptors (Lipinski definition) is 4. The van der Waals surface area contributed by atoms with Crippen molar-refractivity contribution < 1.29 is 0 Å². The first-order chi connectivity index (χ1) is 12.6. The number of halogens is 2. The summed E-state index contributed by atoms with van der Waals surface area (Å²) in [6.45, 7) is 2.13. The van der Waals surface area contributed by atoms with E-state index < -0.39 is 0 Å². The van der Waals surface area contributed by atoms with Crippen LogP contribution in [0.2, 0.25) is 5.02 Å². The van der Waals surface area contributed by atoms with E-state index in [2.05, 4.69) is 62.5 Å². The van der Waals surface area contributed by atoms with Crippen LogP contribution in [0.1, 0.15) is 12.6 Å². The van der Waals surface area contributed by atoms with E-state index in [0.29, 0.717) is 0 Å². The number of benzene rings is 1. The summed E-state index contributed by atoms with van der Waals surface area (Å²) >= 11 is 9.94. The molecule has 132 valence electrons. The molecule has 0 aliphatic rings. The van der Waals surface area contributed by atoms with Crippen molar-refractivity contribution in [1.29, 1.82) is 0 Å². The molecule has 0 spiro atoms. The summed E-state index contributed by atoms with van der Waals surface area (Å²) in [5.41, 5.74) is 4.04. The summed E-state index contributed by atoms with van der Waals surface area (Å²) in [5, 5.41) is 3.74. The van der Waals surface area contributed by atoms with Crippen LogP contribution in [-0.2, 0) is 6.42 Å². The summed E-state index contributed by atoms with van der Waals surface area (Å²) < 4.78 is 3.31. The lowest BCUT2D eigenvalue weighted by atomic mass is 10.2. The number of hydrogen-bond donors (Lipinski definition) is 0. The summed E-state index contributed by atoms with van der Waals surface area (Å²) in [7, 11) is 2.05. The maximum atomic E-state index is 5.99. The third-order valence-corrected chi connectivity index (χ3v) is 6.01. The Morgan fingerprint density at radius 3 is 2.65 bits per heavy atom. The number of aryl methyl sites for hydroxylation is 1. The summed E-state index contributed by atoms with van der Waals surface area (Å²) in [4.78, 5) is 11.7. The molecule has 0 fully saturated rings. The molecule has 0 N–H and O–H groups in total. The molecule has 0 radical (unpaired) electrons. The zero-order valence-electron chi connectivity index (χ0n) is 14.3. The summed E-state index contributed by atoms with van der Waals surface area (Å²) in [6.07, 6.45) is 2.98.